The van der Waals surface area contributed by atoms with Gasteiger partial charge in [0.25, 0.3) is 0 Å². The Morgan fingerprint density at radius 1 is 1.21 bits per heavy atom. The van der Waals surface area contributed by atoms with Crippen LogP contribution in [0, 0.1) is 13.8 Å². The number of hydrogen-bond acceptors (Lipinski definition) is 4. The molecular formula is C10H12N2O2. The molecule has 0 aliphatic carbocycles. The van der Waals surface area contributed by atoms with Crippen LogP contribution in [0.4, 0.5) is 0 Å². The van der Waals surface area contributed by atoms with Gasteiger partial charge in [0.15, 0.2) is 11.5 Å². The third-order valence-corrected chi connectivity index (χ3v) is 2.20. The van der Waals surface area contributed by atoms with Gasteiger partial charge in [0, 0.05) is 11.6 Å². The second kappa shape index (κ2) is 3.29. The van der Waals surface area contributed by atoms with E-state index in [9.17, 15) is 0 Å². The van der Waals surface area contributed by atoms with Crippen molar-refractivity contribution in [3.63, 3.8) is 0 Å². The minimum Gasteiger partial charge on any atom is -0.361 e. The molecule has 2 aromatic heterocycles. The van der Waals surface area contributed by atoms with Gasteiger partial charge in [0.1, 0.15) is 5.76 Å². The van der Waals surface area contributed by atoms with E-state index < -0.39 is 0 Å². The van der Waals surface area contributed by atoms with Gasteiger partial charge in [-0.2, -0.15) is 0 Å². The average molecular weight is 192 g/mol. The Bertz CT molecular complexity index is 443. The number of hydrogen-bond donors (Lipinski definition) is 0. The molecule has 4 nitrogen and oxygen atoms in total. The topological polar surface area (TPSA) is 52.1 Å². The summed E-state index contributed by atoms with van der Waals surface area (Å²) >= 11 is 0. The van der Waals surface area contributed by atoms with Gasteiger partial charge in [-0.05, 0) is 20.3 Å². The van der Waals surface area contributed by atoms with Crippen molar-refractivity contribution in [1.82, 2.24) is 10.3 Å². The molecule has 0 amide bonds. The molecule has 0 unspecified atom stereocenters. The van der Waals surface area contributed by atoms with E-state index in [0.717, 1.165) is 34.9 Å². The molecule has 4 heteroatoms. The Labute approximate surface area is 81.9 Å². The molecule has 0 aromatic carbocycles. The van der Waals surface area contributed by atoms with Crippen LogP contribution in [0.3, 0.4) is 0 Å². The Hall–Kier alpha value is -1.58. The molecule has 2 heterocycles. The first-order valence-electron chi connectivity index (χ1n) is 4.61. The molecule has 0 N–H and O–H groups in total. The predicted octanol–water partition coefficient (Wildman–Crippen LogP) is 2.51. The summed E-state index contributed by atoms with van der Waals surface area (Å²) in [5, 5.41) is 7.82. The molecule has 74 valence electrons. The van der Waals surface area contributed by atoms with Crippen LogP contribution in [0.25, 0.3) is 11.5 Å². The number of aromatic nitrogens is 2. The van der Waals surface area contributed by atoms with Crippen molar-refractivity contribution in [3.05, 3.63) is 23.1 Å². The summed E-state index contributed by atoms with van der Waals surface area (Å²) in [4.78, 5) is 0. The van der Waals surface area contributed by atoms with Crippen LogP contribution in [0.1, 0.15) is 23.9 Å². The highest BCUT2D eigenvalue weighted by molar-refractivity contribution is 5.57. The Balaban J connectivity index is 2.51. The number of nitrogens with zero attached hydrogens (tertiary/aromatic N) is 2. The third-order valence-electron chi connectivity index (χ3n) is 2.20. The number of aryl methyl sites for hydroxylation is 2. The van der Waals surface area contributed by atoms with Crippen molar-refractivity contribution in [3.8, 4) is 11.5 Å². The van der Waals surface area contributed by atoms with Crippen LogP contribution in [-0.4, -0.2) is 10.3 Å². The summed E-state index contributed by atoms with van der Waals surface area (Å²) in [6.07, 6.45) is 0.885. The van der Waals surface area contributed by atoms with Crippen LogP contribution >= 0.6 is 0 Å². The fraction of sp³-hybridized carbons (Fsp3) is 0.400. The first kappa shape index (κ1) is 8.99. The first-order chi connectivity index (χ1) is 6.72. The van der Waals surface area contributed by atoms with Crippen molar-refractivity contribution in [1.29, 1.82) is 0 Å². The van der Waals surface area contributed by atoms with Crippen molar-refractivity contribution in [2.24, 2.45) is 0 Å². The van der Waals surface area contributed by atoms with Gasteiger partial charge in [0.05, 0.1) is 5.69 Å². The normalized spacial score (nSPS) is 10.8. The van der Waals surface area contributed by atoms with Crippen LogP contribution in [-0.2, 0) is 6.42 Å². The van der Waals surface area contributed by atoms with Gasteiger partial charge in [-0.1, -0.05) is 17.2 Å². The standard InChI is InChI=1S/C10H12N2O2/c1-4-8-7(3)11-14-10(8)9-5-6(2)13-12-9/h5H,4H2,1-3H3. The zero-order valence-corrected chi connectivity index (χ0v) is 8.50. The largest absolute Gasteiger partial charge is 0.361 e. The molecule has 14 heavy (non-hydrogen) atoms. The molecule has 0 spiro atoms. The monoisotopic (exact) mass is 192 g/mol. The van der Waals surface area contributed by atoms with Crippen LogP contribution in [0.5, 0.6) is 0 Å². The molecular weight excluding hydrogens is 180 g/mol. The lowest BCUT2D eigenvalue weighted by atomic mass is 10.1. The number of rotatable bonds is 2. The van der Waals surface area contributed by atoms with Gasteiger partial charge in [-0.25, -0.2) is 0 Å². The Kier molecular flexibility index (Phi) is 2.11. The van der Waals surface area contributed by atoms with Crippen molar-refractivity contribution in [2.75, 3.05) is 0 Å². The van der Waals surface area contributed by atoms with Crippen molar-refractivity contribution >= 4 is 0 Å². The second-order valence-electron chi connectivity index (χ2n) is 3.25. The summed E-state index contributed by atoms with van der Waals surface area (Å²) in [5.41, 5.74) is 2.74. The molecule has 0 fully saturated rings. The van der Waals surface area contributed by atoms with Crippen molar-refractivity contribution in [2.45, 2.75) is 27.2 Å². The third kappa shape index (κ3) is 1.32. The van der Waals surface area contributed by atoms with Gasteiger partial charge in [-0.15, -0.1) is 0 Å². The quantitative estimate of drug-likeness (QED) is 0.733. The molecule has 0 bridgehead atoms. The zero-order chi connectivity index (χ0) is 10.1. The van der Waals surface area contributed by atoms with Crippen molar-refractivity contribution < 1.29 is 9.05 Å². The lowest BCUT2D eigenvalue weighted by Crippen LogP contribution is -1.84. The first-order valence-corrected chi connectivity index (χ1v) is 4.61. The highest BCUT2D eigenvalue weighted by atomic mass is 16.5. The minimum atomic E-state index is 0.722. The van der Waals surface area contributed by atoms with E-state index in [2.05, 4.69) is 17.2 Å². The molecule has 0 aliphatic rings. The van der Waals surface area contributed by atoms with Gasteiger partial charge >= 0.3 is 0 Å². The van der Waals surface area contributed by atoms with Gasteiger partial charge < -0.3 is 9.05 Å². The summed E-state index contributed by atoms with van der Waals surface area (Å²) in [6, 6.07) is 1.85. The highest BCUT2D eigenvalue weighted by Crippen LogP contribution is 2.25. The summed E-state index contributed by atoms with van der Waals surface area (Å²) in [6.45, 7) is 5.85. The minimum absolute atomic E-state index is 0.722. The Morgan fingerprint density at radius 3 is 2.57 bits per heavy atom. The van der Waals surface area contributed by atoms with E-state index in [0.29, 0.717) is 0 Å². The second-order valence-corrected chi connectivity index (χ2v) is 3.25. The fourth-order valence-corrected chi connectivity index (χ4v) is 1.48. The average Bonchev–Trinajstić information content (AvgIpc) is 2.71. The maximum absolute atomic E-state index is 5.21. The molecule has 2 aromatic rings. The summed E-state index contributed by atoms with van der Waals surface area (Å²) in [5.74, 6) is 1.50. The summed E-state index contributed by atoms with van der Waals surface area (Å²) < 4.78 is 10.2. The maximum atomic E-state index is 5.21. The SMILES string of the molecule is CCc1c(C)noc1-c1cc(C)on1. The zero-order valence-electron chi connectivity index (χ0n) is 8.50. The van der Waals surface area contributed by atoms with E-state index in [-0.39, 0.29) is 0 Å². The van der Waals surface area contributed by atoms with Crippen LogP contribution in [0.2, 0.25) is 0 Å². The smallest absolute Gasteiger partial charge is 0.192 e. The predicted molar refractivity (Wildman–Crippen MR) is 50.9 cm³/mol. The molecule has 0 atom stereocenters. The van der Waals surface area contributed by atoms with E-state index in [1.165, 1.54) is 0 Å². The maximum Gasteiger partial charge on any atom is 0.192 e. The van der Waals surface area contributed by atoms with E-state index >= 15 is 0 Å². The Morgan fingerprint density at radius 2 is 2.00 bits per heavy atom. The lowest BCUT2D eigenvalue weighted by Gasteiger charge is -1.92. The molecule has 0 radical (unpaired) electrons. The molecule has 0 saturated heterocycles. The van der Waals surface area contributed by atoms with Crippen LogP contribution in [0.15, 0.2) is 15.1 Å². The van der Waals surface area contributed by atoms with Gasteiger partial charge in [0.2, 0.25) is 0 Å². The molecule has 0 saturated carbocycles. The van der Waals surface area contributed by atoms with E-state index in [1.807, 2.05) is 19.9 Å². The molecule has 0 aliphatic heterocycles. The van der Waals surface area contributed by atoms with E-state index in [1.54, 1.807) is 0 Å². The highest BCUT2D eigenvalue weighted by Gasteiger charge is 2.16. The van der Waals surface area contributed by atoms with Crippen LogP contribution < -0.4 is 0 Å². The van der Waals surface area contributed by atoms with Gasteiger partial charge in [-0.3, -0.25) is 0 Å². The summed E-state index contributed by atoms with van der Waals surface area (Å²) in [7, 11) is 0. The van der Waals surface area contributed by atoms with E-state index in [4.69, 9.17) is 9.05 Å². The fourth-order valence-electron chi connectivity index (χ4n) is 1.48. The lowest BCUT2D eigenvalue weighted by molar-refractivity contribution is 0.390. The molecule has 2 rings (SSSR count).